The van der Waals surface area contributed by atoms with Gasteiger partial charge in [-0.25, -0.2) is 4.98 Å². The van der Waals surface area contributed by atoms with Crippen LogP contribution in [-0.2, 0) is 14.3 Å². The maximum atomic E-state index is 13.3. The lowest BCUT2D eigenvalue weighted by Gasteiger charge is -2.28. The Morgan fingerprint density at radius 2 is 1.68 bits per heavy atom. The van der Waals surface area contributed by atoms with E-state index in [1.54, 1.807) is 42.9 Å². The Bertz CT molecular complexity index is 1020. The second-order valence-corrected chi connectivity index (χ2v) is 8.26. The van der Waals surface area contributed by atoms with Gasteiger partial charge in [0.15, 0.2) is 0 Å². The van der Waals surface area contributed by atoms with Crippen LogP contribution in [-0.4, -0.2) is 33.8 Å². The third-order valence-corrected chi connectivity index (χ3v) is 5.14. The van der Waals surface area contributed by atoms with Crippen LogP contribution in [0.4, 0.5) is 0 Å². The summed E-state index contributed by atoms with van der Waals surface area (Å²) in [4.78, 5) is 28.7. The van der Waals surface area contributed by atoms with Gasteiger partial charge in [-0.05, 0) is 49.2 Å². The molecule has 162 valence electrons. The molecule has 3 rings (SSSR count). The van der Waals surface area contributed by atoms with E-state index in [2.05, 4.69) is 4.98 Å². The molecular weight excluding hydrogens is 439 g/mol. The third kappa shape index (κ3) is 5.87. The molecule has 2 aromatic carbocycles. The fraction of sp³-hybridized carbons (Fsp3) is 0.261. The smallest absolute Gasteiger partial charge is 0.320 e. The molecule has 0 bridgehead atoms. The number of hydrogen-bond donors (Lipinski definition) is 0. The van der Waals surface area contributed by atoms with E-state index in [-0.39, 0.29) is 18.3 Å². The predicted octanol–water partition coefficient (Wildman–Crippen LogP) is 5.16. The number of imidazole rings is 1. The van der Waals surface area contributed by atoms with Crippen LogP contribution in [0.25, 0.3) is 11.1 Å². The number of nitrogens with zero attached hydrogens (tertiary/aromatic N) is 2. The third-order valence-electron chi connectivity index (χ3n) is 4.67. The molecule has 0 saturated heterocycles. The molecule has 0 spiro atoms. The van der Waals surface area contributed by atoms with Crippen LogP contribution in [0.2, 0.25) is 5.02 Å². The van der Waals surface area contributed by atoms with Crippen LogP contribution < -0.4 is 4.74 Å². The Morgan fingerprint density at radius 1 is 1.06 bits per heavy atom. The zero-order valence-corrected chi connectivity index (χ0v) is 18.6. The average Bonchev–Trinajstić information content (AvgIpc) is 3.31. The standard InChI is InChI=1S/C23H22Cl2N2O4/c1-23(2,14-30-20(28)13-24)21(29)22(27-12-11-26-15-27)31-19-9-5-17(6-10-19)16-3-7-18(25)8-4-16/h3-12,15,22H,13-14H2,1-2H3. The summed E-state index contributed by atoms with van der Waals surface area (Å²) in [7, 11) is 0. The molecule has 0 saturated carbocycles. The highest BCUT2D eigenvalue weighted by Crippen LogP contribution is 2.29. The van der Waals surface area contributed by atoms with E-state index in [1.165, 1.54) is 6.33 Å². The number of hydrogen-bond acceptors (Lipinski definition) is 5. The molecule has 8 heteroatoms. The molecule has 1 atom stereocenters. The van der Waals surface area contributed by atoms with Crippen molar-refractivity contribution in [2.45, 2.75) is 20.1 Å². The SMILES string of the molecule is CC(C)(COC(=O)CCl)C(=O)C(Oc1ccc(-c2ccc(Cl)cc2)cc1)n1ccnc1. The molecular formula is C23H22Cl2N2O4. The molecule has 0 aliphatic carbocycles. The molecule has 0 N–H and O–H groups in total. The minimum Gasteiger partial charge on any atom is -0.464 e. The van der Waals surface area contributed by atoms with E-state index in [9.17, 15) is 9.59 Å². The van der Waals surface area contributed by atoms with Crippen LogP contribution in [0.5, 0.6) is 5.75 Å². The number of aromatic nitrogens is 2. The lowest BCUT2D eigenvalue weighted by Crippen LogP contribution is -2.39. The number of ether oxygens (including phenoxy) is 2. The van der Waals surface area contributed by atoms with E-state index >= 15 is 0 Å². The van der Waals surface area contributed by atoms with E-state index in [0.717, 1.165) is 11.1 Å². The van der Waals surface area contributed by atoms with Crippen molar-refractivity contribution in [3.05, 3.63) is 72.3 Å². The van der Waals surface area contributed by atoms with E-state index in [4.69, 9.17) is 32.7 Å². The summed E-state index contributed by atoms with van der Waals surface area (Å²) in [5, 5.41) is 0.671. The van der Waals surface area contributed by atoms with Crippen LogP contribution in [0.3, 0.4) is 0 Å². The average molecular weight is 461 g/mol. The summed E-state index contributed by atoms with van der Waals surface area (Å²) in [5.41, 5.74) is 1.00. The zero-order chi connectivity index (χ0) is 22.4. The topological polar surface area (TPSA) is 70.4 Å². The van der Waals surface area contributed by atoms with Gasteiger partial charge in [0.25, 0.3) is 0 Å². The number of ketones is 1. The van der Waals surface area contributed by atoms with Gasteiger partial charge in [-0.2, -0.15) is 0 Å². The van der Waals surface area contributed by atoms with Gasteiger partial charge in [0.05, 0.1) is 11.7 Å². The molecule has 0 amide bonds. The van der Waals surface area contributed by atoms with Crippen LogP contribution in [0.1, 0.15) is 20.1 Å². The number of Topliss-reactive ketones (excluding diaryl/α,β-unsaturated/α-hetero) is 1. The Hall–Kier alpha value is -2.83. The minimum atomic E-state index is -1.00. The molecule has 0 aliphatic rings. The van der Waals surface area contributed by atoms with Gasteiger partial charge in [0.1, 0.15) is 18.2 Å². The highest BCUT2D eigenvalue weighted by atomic mass is 35.5. The molecule has 0 radical (unpaired) electrons. The normalized spacial score (nSPS) is 12.3. The number of alkyl halides is 1. The van der Waals surface area contributed by atoms with Crippen molar-refractivity contribution in [1.29, 1.82) is 0 Å². The molecule has 3 aromatic rings. The predicted molar refractivity (Wildman–Crippen MR) is 119 cm³/mol. The van der Waals surface area contributed by atoms with E-state index in [1.807, 2.05) is 36.4 Å². The first-order chi connectivity index (χ1) is 14.8. The van der Waals surface area contributed by atoms with Crippen molar-refractivity contribution >= 4 is 35.0 Å². The zero-order valence-electron chi connectivity index (χ0n) is 17.1. The second kappa shape index (κ2) is 9.98. The molecule has 0 fully saturated rings. The highest BCUT2D eigenvalue weighted by molar-refractivity contribution is 6.30. The van der Waals surface area contributed by atoms with Gasteiger partial charge >= 0.3 is 5.97 Å². The first-order valence-corrected chi connectivity index (χ1v) is 10.5. The number of esters is 1. The number of benzene rings is 2. The van der Waals surface area contributed by atoms with Crippen molar-refractivity contribution in [2.75, 3.05) is 12.5 Å². The molecule has 0 aliphatic heterocycles. The molecule has 1 aromatic heterocycles. The highest BCUT2D eigenvalue weighted by Gasteiger charge is 2.37. The maximum absolute atomic E-state index is 13.3. The van der Waals surface area contributed by atoms with E-state index < -0.39 is 17.6 Å². The van der Waals surface area contributed by atoms with Gasteiger partial charge in [-0.1, -0.05) is 35.9 Å². The molecule has 1 unspecified atom stereocenters. The summed E-state index contributed by atoms with van der Waals surface area (Å²) >= 11 is 11.4. The van der Waals surface area contributed by atoms with Gasteiger partial charge < -0.3 is 9.47 Å². The fourth-order valence-electron chi connectivity index (χ4n) is 2.86. The second-order valence-electron chi connectivity index (χ2n) is 7.55. The lowest BCUT2D eigenvalue weighted by molar-refractivity contribution is -0.150. The lowest BCUT2D eigenvalue weighted by atomic mass is 9.88. The summed E-state index contributed by atoms with van der Waals surface area (Å²) < 4.78 is 12.7. The Balaban J connectivity index is 1.79. The monoisotopic (exact) mass is 460 g/mol. The van der Waals surface area contributed by atoms with Crippen LogP contribution in [0, 0.1) is 5.41 Å². The summed E-state index contributed by atoms with van der Waals surface area (Å²) in [6, 6.07) is 14.9. The van der Waals surface area contributed by atoms with Gasteiger partial charge in [-0.3, -0.25) is 14.2 Å². The first-order valence-electron chi connectivity index (χ1n) is 9.56. The summed E-state index contributed by atoms with van der Waals surface area (Å²) in [6.07, 6.45) is 3.73. The maximum Gasteiger partial charge on any atom is 0.320 e. The number of carbonyl (C=O) groups is 2. The van der Waals surface area contributed by atoms with Crippen molar-refractivity contribution in [3.8, 4) is 16.9 Å². The first kappa shape index (κ1) is 22.8. The van der Waals surface area contributed by atoms with E-state index in [0.29, 0.717) is 10.8 Å². The van der Waals surface area contributed by atoms with Crippen LogP contribution in [0.15, 0.2) is 67.3 Å². The minimum absolute atomic E-state index is 0.110. The number of rotatable bonds is 9. The quantitative estimate of drug-likeness (QED) is 0.325. The Kier molecular flexibility index (Phi) is 7.36. The van der Waals surface area contributed by atoms with Crippen molar-refractivity contribution in [2.24, 2.45) is 5.41 Å². The summed E-state index contributed by atoms with van der Waals surface area (Å²) in [6.45, 7) is 3.27. The van der Waals surface area contributed by atoms with Gasteiger partial charge in [0.2, 0.25) is 12.0 Å². The molecule has 6 nitrogen and oxygen atoms in total. The summed E-state index contributed by atoms with van der Waals surface area (Å²) in [5.74, 6) is -0.612. The van der Waals surface area contributed by atoms with Gasteiger partial charge in [-0.15, -0.1) is 11.6 Å². The largest absolute Gasteiger partial charge is 0.464 e. The number of carbonyl (C=O) groups excluding carboxylic acids is 2. The molecule has 31 heavy (non-hydrogen) atoms. The van der Waals surface area contributed by atoms with Crippen LogP contribution >= 0.6 is 23.2 Å². The van der Waals surface area contributed by atoms with Crippen molar-refractivity contribution in [1.82, 2.24) is 9.55 Å². The molecule has 1 heterocycles. The van der Waals surface area contributed by atoms with Crippen molar-refractivity contribution in [3.63, 3.8) is 0 Å². The fourth-order valence-corrected chi connectivity index (χ4v) is 3.06. The Labute approximate surface area is 190 Å². The van der Waals surface area contributed by atoms with Crippen molar-refractivity contribution < 1.29 is 19.1 Å². The Morgan fingerprint density at radius 3 is 2.23 bits per heavy atom. The van der Waals surface area contributed by atoms with Gasteiger partial charge in [0, 0.05) is 17.4 Å². The number of halogens is 2.